The van der Waals surface area contributed by atoms with Gasteiger partial charge in [-0.2, -0.15) is 12.6 Å². The van der Waals surface area contributed by atoms with E-state index in [0.717, 1.165) is 50.7 Å². The molecule has 0 heterocycles. The van der Waals surface area contributed by atoms with Crippen LogP contribution < -0.4 is 5.32 Å². The van der Waals surface area contributed by atoms with E-state index in [2.05, 4.69) is 43.0 Å². The summed E-state index contributed by atoms with van der Waals surface area (Å²) in [6, 6.07) is -1.06. The molecule has 0 aliphatic heterocycles. The Morgan fingerprint density at radius 1 is 1.17 bits per heavy atom. The number of amides is 1. The largest absolute Gasteiger partial charge is 0.480 e. The lowest BCUT2D eigenvalue weighted by Gasteiger charge is -2.59. The lowest BCUT2D eigenvalue weighted by molar-refractivity contribution is -0.159. The Balaban J connectivity index is 1.43. The summed E-state index contributed by atoms with van der Waals surface area (Å²) in [4.78, 5) is 40.6. The molecule has 194 valence electrons. The van der Waals surface area contributed by atoms with E-state index in [1.165, 1.54) is 5.57 Å². The number of hydrogen-bond donors (Lipinski definition) is 4. The summed E-state index contributed by atoms with van der Waals surface area (Å²) in [5.41, 5.74) is 0.729. The fourth-order valence-corrected chi connectivity index (χ4v) is 8.08. The van der Waals surface area contributed by atoms with E-state index < -0.39 is 23.5 Å². The number of carboxylic acid groups (broad SMARTS) is 1. The minimum absolute atomic E-state index is 0.00349. The predicted molar refractivity (Wildman–Crippen MR) is 134 cm³/mol. The molecular formula is C26H38N2O6S. The van der Waals surface area contributed by atoms with Gasteiger partial charge in [0.05, 0.1) is 5.71 Å². The topological polar surface area (TPSA) is 125 Å². The van der Waals surface area contributed by atoms with Crippen LogP contribution in [-0.4, -0.2) is 57.6 Å². The van der Waals surface area contributed by atoms with Crippen LogP contribution in [0.5, 0.6) is 0 Å². The molecule has 0 saturated heterocycles. The monoisotopic (exact) mass is 506 g/mol. The van der Waals surface area contributed by atoms with Crippen molar-refractivity contribution in [1.82, 2.24) is 5.32 Å². The average Bonchev–Trinajstić information content (AvgIpc) is 3.09. The van der Waals surface area contributed by atoms with Crippen LogP contribution in [0.25, 0.3) is 0 Å². The summed E-state index contributed by atoms with van der Waals surface area (Å²) in [7, 11) is 0. The van der Waals surface area contributed by atoms with Crippen LogP contribution in [0.1, 0.15) is 72.1 Å². The first kappa shape index (κ1) is 26.2. The van der Waals surface area contributed by atoms with Crippen LogP contribution in [0, 0.1) is 28.6 Å². The quantitative estimate of drug-likeness (QED) is 0.311. The first-order valence-electron chi connectivity index (χ1n) is 12.7. The van der Waals surface area contributed by atoms with Gasteiger partial charge in [0.2, 0.25) is 0 Å². The van der Waals surface area contributed by atoms with Gasteiger partial charge >= 0.3 is 5.97 Å². The Hall–Kier alpha value is -1.87. The average molecular weight is 507 g/mol. The maximum Gasteiger partial charge on any atom is 0.327 e. The van der Waals surface area contributed by atoms with Crippen LogP contribution in [0.2, 0.25) is 0 Å². The molecule has 3 fully saturated rings. The summed E-state index contributed by atoms with van der Waals surface area (Å²) < 4.78 is 0. The van der Waals surface area contributed by atoms with Gasteiger partial charge in [-0.25, -0.2) is 4.79 Å². The second-order valence-corrected chi connectivity index (χ2v) is 11.8. The van der Waals surface area contributed by atoms with Crippen LogP contribution in [0.15, 0.2) is 16.8 Å². The Morgan fingerprint density at radius 3 is 2.54 bits per heavy atom. The first-order valence-corrected chi connectivity index (χ1v) is 13.4. The van der Waals surface area contributed by atoms with Crippen molar-refractivity contribution in [1.29, 1.82) is 0 Å². The molecule has 0 radical (unpaired) electrons. The minimum Gasteiger partial charge on any atom is -0.480 e. The molecule has 0 bridgehead atoms. The number of ketones is 1. The third-order valence-corrected chi connectivity index (χ3v) is 10.3. The van der Waals surface area contributed by atoms with Crippen molar-refractivity contribution in [2.45, 2.75) is 83.8 Å². The van der Waals surface area contributed by atoms with E-state index in [0.29, 0.717) is 24.2 Å². The SMILES string of the molecule is CC(=O)[C@@]1(O)CC[C@H]2[C@@H]3CCC4=C/C(=N/OCC(=O)N[C@@H](CS)C(=O)O)CC[C@]4(C)[C@H]3CC[C@@]21C. The highest BCUT2D eigenvalue weighted by atomic mass is 32.1. The number of thiol groups is 1. The van der Waals surface area contributed by atoms with Gasteiger partial charge in [0.15, 0.2) is 12.4 Å². The van der Waals surface area contributed by atoms with Crippen molar-refractivity contribution < 1.29 is 29.4 Å². The molecule has 1 amide bonds. The van der Waals surface area contributed by atoms with Gasteiger partial charge in [-0.05, 0) is 87.5 Å². The molecule has 4 rings (SSSR count). The Labute approximate surface area is 212 Å². The number of rotatable bonds is 7. The van der Waals surface area contributed by atoms with Crippen molar-refractivity contribution in [2.24, 2.45) is 33.7 Å². The van der Waals surface area contributed by atoms with Crippen molar-refractivity contribution in [3.05, 3.63) is 11.6 Å². The second-order valence-electron chi connectivity index (χ2n) is 11.4. The zero-order chi connectivity index (χ0) is 25.6. The maximum absolute atomic E-state index is 12.4. The highest BCUT2D eigenvalue weighted by molar-refractivity contribution is 7.80. The highest BCUT2D eigenvalue weighted by Gasteiger charge is 2.65. The number of fused-ring (bicyclic) bond motifs is 5. The zero-order valence-electron chi connectivity index (χ0n) is 20.9. The third-order valence-electron chi connectivity index (χ3n) is 9.90. The number of nitrogens with one attached hydrogen (secondary N) is 1. The lowest BCUT2D eigenvalue weighted by Crippen LogP contribution is -2.57. The van der Waals surface area contributed by atoms with Crippen molar-refractivity contribution in [2.75, 3.05) is 12.4 Å². The minimum atomic E-state index is -1.19. The van der Waals surface area contributed by atoms with E-state index in [-0.39, 0.29) is 29.0 Å². The van der Waals surface area contributed by atoms with E-state index in [1.807, 2.05) is 0 Å². The van der Waals surface area contributed by atoms with Crippen LogP contribution >= 0.6 is 12.6 Å². The number of carbonyl (C=O) groups excluding carboxylic acids is 2. The summed E-state index contributed by atoms with van der Waals surface area (Å²) in [5.74, 6) is -0.363. The van der Waals surface area contributed by atoms with Crippen LogP contribution in [0.3, 0.4) is 0 Å². The van der Waals surface area contributed by atoms with Gasteiger partial charge in [-0.15, -0.1) is 0 Å². The van der Waals surface area contributed by atoms with Gasteiger partial charge in [-0.3, -0.25) is 9.59 Å². The highest BCUT2D eigenvalue weighted by Crippen LogP contribution is 2.67. The van der Waals surface area contributed by atoms with E-state index in [4.69, 9.17) is 9.94 Å². The summed E-state index contributed by atoms with van der Waals surface area (Å²) in [6.07, 6.45) is 9.23. The van der Waals surface area contributed by atoms with Crippen LogP contribution in [0.4, 0.5) is 0 Å². The number of nitrogens with zero attached hydrogens (tertiary/aromatic N) is 1. The number of aliphatic hydroxyl groups is 1. The molecule has 35 heavy (non-hydrogen) atoms. The fraction of sp³-hybridized carbons (Fsp3) is 0.769. The maximum atomic E-state index is 12.4. The molecule has 9 heteroatoms. The van der Waals surface area contributed by atoms with Gasteiger partial charge < -0.3 is 20.4 Å². The molecule has 3 N–H and O–H groups in total. The Bertz CT molecular complexity index is 965. The molecule has 0 aromatic heterocycles. The lowest BCUT2D eigenvalue weighted by atomic mass is 9.46. The summed E-state index contributed by atoms with van der Waals surface area (Å²) >= 11 is 3.93. The molecule has 0 aromatic carbocycles. The van der Waals surface area contributed by atoms with Gasteiger partial charge in [0.25, 0.3) is 5.91 Å². The molecule has 7 atom stereocenters. The first-order chi connectivity index (χ1) is 16.5. The van der Waals surface area contributed by atoms with Gasteiger partial charge in [0, 0.05) is 11.2 Å². The number of carbonyl (C=O) groups is 3. The molecule has 0 aromatic rings. The Morgan fingerprint density at radius 2 is 1.89 bits per heavy atom. The molecule has 8 nitrogen and oxygen atoms in total. The summed E-state index contributed by atoms with van der Waals surface area (Å²) in [6.45, 7) is 5.70. The second kappa shape index (κ2) is 9.54. The van der Waals surface area contributed by atoms with Crippen molar-refractivity contribution in [3.8, 4) is 0 Å². The van der Waals surface area contributed by atoms with E-state index in [9.17, 15) is 19.5 Å². The Kier molecular flexibility index (Phi) is 7.14. The number of carboxylic acids is 1. The predicted octanol–water partition coefficient (Wildman–Crippen LogP) is 3.14. The number of allylic oxidation sites excluding steroid dienone is 2. The third kappa shape index (κ3) is 4.32. The van der Waals surface area contributed by atoms with E-state index in [1.54, 1.807) is 6.92 Å². The number of Topliss-reactive ketones (excluding diaryl/α,β-unsaturated/α-hetero) is 1. The number of hydrogen-bond acceptors (Lipinski definition) is 7. The standard InChI is InChI=1S/C26H38N2O6S/c1-15(29)26(33)11-8-20-18-5-4-16-12-17(28-34-13-22(30)27-21(14-35)23(31)32)6-9-24(16,2)19(18)7-10-25(20,26)3/h12,18-21,33,35H,4-11,13-14H2,1-3H3,(H,27,30)(H,31,32)/b28-17+/t18-,19+,20+,21+,24+,25+,26+/m1/s1. The van der Waals surface area contributed by atoms with Crippen LogP contribution in [-0.2, 0) is 19.2 Å². The number of aliphatic carboxylic acids is 1. The van der Waals surface area contributed by atoms with E-state index >= 15 is 0 Å². The van der Waals surface area contributed by atoms with Gasteiger partial charge in [0.1, 0.15) is 11.6 Å². The molecule has 0 unspecified atom stereocenters. The normalized spacial score (nSPS) is 40.1. The molecule has 0 spiro atoms. The smallest absolute Gasteiger partial charge is 0.327 e. The van der Waals surface area contributed by atoms with Gasteiger partial charge in [-0.1, -0.05) is 24.6 Å². The molecule has 4 aliphatic carbocycles. The molecule has 3 saturated carbocycles. The number of oxime groups is 1. The molecular weight excluding hydrogens is 468 g/mol. The summed E-state index contributed by atoms with van der Waals surface area (Å²) in [5, 5.41) is 26.8. The zero-order valence-corrected chi connectivity index (χ0v) is 21.8. The fourth-order valence-electron chi connectivity index (χ4n) is 7.83. The van der Waals surface area contributed by atoms with Crippen molar-refractivity contribution >= 4 is 36.0 Å². The molecule has 4 aliphatic rings. The van der Waals surface area contributed by atoms with Crippen molar-refractivity contribution in [3.63, 3.8) is 0 Å².